The van der Waals surface area contributed by atoms with Crippen LogP contribution in [0.15, 0.2) is 27.6 Å². The summed E-state index contributed by atoms with van der Waals surface area (Å²) in [5.41, 5.74) is 4.76. The molecule has 0 amide bonds. The summed E-state index contributed by atoms with van der Waals surface area (Å²) in [6.07, 6.45) is 0. The average molecular weight is 347 g/mol. The lowest BCUT2D eigenvalue weighted by molar-refractivity contribution is 0.0170. The second-order valence-electron chi connectivity index (χ2n) is 3.44. The lowest BCUT2D eigenvalue weighted by atomic mass is 10.3. The van der Waals surface area contributed by atoms with Crippen molar-refractivity contribution in [2.75, 3.05) is 13.1 Å². The van der Waals surface area contributed by atoms with E-state index in [-0.39, 0.29) is 4.47 Å². The van der Waals surface area contributed by atoms with E-state index in [4.69, 9.17) is 5.73 Å². The molecule has 0 atom stereocenters. The third kappa shape index (κ3) is 3.67. The van der Waals surface area contributed by atoms with E-state index < -0.39 is 39.7 Å². The predicted octanol–water partition coefficient (Wildman–Crippen LogP) is 1.46. The van der Waals surface area contributed by atoms with Crippen molar-refractivity contribution in [3.63, 3.8) is 0 Å². The molecule has 0 bridgehead atoms. The molecule has 1 aromatic rings. The Bertz CT molecular complexity index is 537. The van der Waals surface area contributed by atoms with Crippen LogP contribution in [0.2, 0.25) is 0 Å². The largest absolute Gasteiger partial charge is 0.325 e. The number of sulfonamides is 1. The quantitative estimate of drug-likeness (QED) is 0.847. The van der Waals surface area contributed by atoms with E-state index in [1.807, 2.05) is 0 Å². The number of hydrogen-bond donors (Lipinski definition) is 2. The minimum atomic E-state index is -4.35. The van der Waals surface area contributed by atoms with E-state index in [1.54, 1.807) is 4.72 Å². The summed E-state index contributed by atoms with van der Waals surface area (Å²) in [7, 11) is -4.35. The molecule has 0 heterocycles. The second kappa shape index (κ2) is 5.55. The Balaban J connectivity index is 2.98. The van der Waals surface area contributed by atoms with E-state index >= 15 is 0 Å². The first kappa shape index (κ1) is 15.4. The molecule has 0 aliphatic rings. The lowest BCUT2D eigenvalue weighted by Crippen LogP contribution is -2.41. The second-order valence-corrected chi connectivity index (χ2v) is 6.03. The fourth-order valence-electron chi connectivity index (χ4n) is 1.04. The van der Waals surface area contributed by atoms with Gasteiger partial charge in [-0.25, -0.2) is 26.3 Å². The first-order valence-electron chi connectivity index (χ1n) is 4.71. The summed E-state index contributed by atoms with van der Waals surface area (Å²) in [5, 5.41) is 0. The summed E-state index contributed by atoms with van der Waals surface area (Å²) in [5.74, 6) is -4.42. The normalized spacial score (nSPS) is 12.7. The molecule has 0 spiro atoms. The maximum atomic E-state index is 13.5. The van der Waals surface area contributed by atoms with Gasteiger partial charge in [0.05, 0.1) is 17.6 Å². The molecule has 1 aromatic carbocycles. The first-order valence-corrected chi connectivity index (χ1v) is 6.99. The molecule has 0 fully saturated rings. The van der Waals surface area contributed by atoms with Gasteiger partial charge in [-0.05, 0) is 28.1 Å². The highest BCUT2D eigenvalue weighted by Gasteiger charge is 2.30. The molecule has 4 nitrogen and oxygen atoms in total. The zero-order valence-corrected chi connectivity index (χ0v) is 11.4. The lowest BCUT2D eigenvalue weighted by Gasteiger charge is -2.15. The predicted molar refractivity (Wildman–Crippen MR) is 63.3 cm³/mol. The molecule has 0 saturated carbocycles. The molecule has 18 heavy (non-hydrogen) atoms. The Labute approximate surface area is 111 Å². The number of nitrogens with two attached hydrogens (primary N) is 1. The summed E-state index contributed by atoms with van der Waals surface area (Å²) < 4.78 is 64.0. The van der Waals surface area contributed by atoms with Crippen LogP contribution in [0, 0.1) is 5.82 Å². The van der Waals surface area contributed by atoms with Crippen LogP contribution in [0.1, 0.15) is 0 Å². The Hall–Kier alpha value is -0.640. The van der Waals surface area contributed by atoms with Crippen LogP contribution in [0.5, 0.6) is 0 Å². The minimum Gasteiger partial charge on any atom is -0.325 e. The Morgan fingerprint density at radius 2 is 2.00 bits per heavy atom. The van der Waals surface area contributed by atoms with Crippen LogP contribution in [0.4, 0.5) is 13.2 Å². The van der Waals surface area contributed by atoms with Crippen molar-refractivity contribution in [2.24, 2.45) is 5.73 Å². The number of benzene rings is 1. The van der Waals surface area contributed by atoms with Crippen LogP contribution in [-0.2, 0) is 10.0 Å². The number of rotatable bonds is 5. The van der Waals surface area contributed by atoms with E-state index in [0.717, 1.165) is 6.07 Å². The van der Waals surface area contributed by atoms with Gasteiger partial charge in [0.2, 0.25) is 10.0 Å². The van der Waals surface area contributed by atoms with E-state index in [9.17, 15) is 21.6 Å². The third-order valence-electron chi connectivity index (χ3n) is 2.03. The van der Waals surface area contributed by atoms with Gasteiger partial charge in [0.25, 0.3) is 5.92 Å². The Morgan fingerprint density at radius 3 is 2.56 bits per heavy atom. The van der Waals surface area contributed by atoms with Gasteiger partial charge in [0, 0.05) is 0 Å². The van der Waals surface area contributed by atoms with Crippen molar-refractivity contribution in [1.29, 1.82) is 0 Å². The molecule has 0 radical (unpaired) electrons. The molecule has 0 saturated heterocycles. The van der Waals surface area contributed by atoms with Crippen LogP contribution < -0.4 is 10.5 Å². The smallest absolute Gasteiger partial charge is 0.273 e. The van der Waals surface area contributed by atoms with Gasteiger partial charge in [0.1, 0.15) is 4.90 Å². The highest BCUT2D eigenvalue weighted by Crippen LogP contribution is 2.22. The van der Waals surface area contributed by atoms with Crippen LogP contribution in [0.3, 0.4) is 0 Å². The van der Waals surface area contributed by atoms with Gasteiger partial charge >= 0.3 is 0 Å². The minimum absolute atomic E-state index is 0.0732. The SMILES string of the molecule is NCC(F)(F)CNS(=O)(=O)c1cccc(Br)c1F. The molecular formula is C9H10BrF3N2O2S. The van der Waals surface area contributed by atoms with Crippen LogP contribution >= 0.6 is 15.9 Å². The van der Waals surface area contributed by atoms with Gasteiger partial charge in [-0.3, -0.25) is 0 Å². The van der Waals surface area contributed by atoms with Crippen molar-refractivity contribution in [1.82, 2.24) is 4.72 Å². The number of halogens is 4. The number of nitrogens with one attached hydrogen (secondary N) is 1. The van der Waals surface area contributed by atoms with Crippen molar-refractivity contribution < 1.29 is 21.6 Å². The molecule has 102 valence electrons. The maximum Gasteiger partial charge on any atom is 0.273 e. The first-order chi connectivity index (χ1) is 8.19. The van der Waals surface area contributed by atoms with Gasteiger partial charge in [-0.2, -0.15) is 0 Å². The molecule has 3 N–H and O–H groups in total. The van der Waals surface area contributed by atoms with Crippen molar-refractivity contribution >= 4 is 26.0 Å². The maximum absolute atomic E-state index is 13.5. The van der Waals surface area contributed by atoms with Crippen LogP contribution in [-0.4, -0.2) is 27.4 Å². The van der Waals surface area contributed by atoms with Gasteiger partial charge in [0.15, 0.2) is 5.82 Å². The molecular weight excluding hydrogens is 337 g/mol. The Kier molecular flexibility index (Phi) is 4.76. The average Bonchev–Trinajstić information content (AvgIpc) is 2.30. The molecule has 0 unspecified atom stereocenters. The fourth-order valence-corrected chi connectivity index (χ4v) is 2.70. The monoisotopic (exact) mass is 346 g/mol. The standard InChI is InChI=1S/C9H10BrF3N2O2S/c10-6-2-1-3-7(8(6)11)18(16,17)15-5-9(12,13)4-14/h1-3,15H,4-5,14H2. The fraction of sp³-hybridized carbons (Fsp3) is 0.333. The van der Waals surface area contributed by atoms with Crippen LogP contribution in [0.25, 0.3) is 0 Å². The van der Waals surface area contributed by atoms with E-state index in [2.05, 4.69) is 15.9 Å². The van der Waals surface area contributed by atoms with Gasteiger partial charge in [-0.15, -0.1) is 0 Å². The molecule has 0 aliphatic carbocycles. The highest BCUT2D eigenvalue weighted by molar-refractivity contribution is 9.10. The molecule has 0 aliphatic heterocycles. The highest BCUT2D eigenvalue weighted by atomic mass is 79.9. The van der Waals surface area contributed by atoms with E-state index in [1.165, 1.54) is 12.1 Å². The number of alkyl halides is 2. The van der Waals surface area contributed by atoms with E-state index in [0.29, 0.717) is 0 Å². The number of hydrogen-bond acceptors (Lipinski definition) is 3. The Morgan fingerprint density at radius 1 is 1.39 bits per heavy atom. The zero-order chi connectivity index (χ0) is 14.0. The molecule has 1 rings (SSSR count). The summed E-state index contributed by atoms with van der Waals surface area (Å²) >= 11 is 2.81. The van der Waals surface area contributed by atoms with Gasteiger partial charge < -0.3 is 5.73 Å². The van der Waals surface area contributed by atoms with Crippen molar-refractivity contribution in [3.05, 3.63) is 28.5 Å². The topological polar surface area (TPSA) is 72.2 Å². The molecule has 9 heteroatoms. The molecule has 0 aromatic heterocycles. The van der Waals surface area contributed by atoms with Crippen molar-refractivity contribution in [3.8, 4) is 0 Å². The summed E-state index contributed by atoms with van der Waals surface area (Å²) in [6.45, 7) is -2.19. The van der Waals surface area contributed by atoms with Crippen molar-refractivity contribution in [2.45, 2.75) is 10.8 Å². The summed E-state index contributed by atoms with van der Waals surface area (Å²) in [4.78, 5) is -0.704. The zero-order valence-electron chi connectivity index (χ0n) is 8.96. The third-order valence-corrected chi connectivity index (χ3v) is 4.06. The summed E-state index contributed by atoms with van der Waals surface area (Å²) in [6, 6.07) is 3.55. The van der Waals surface area contributed by atoms with Gasteiger partial charge in [-0.1, -0.05) is 6.07 Å².